The van der Waals surface area contributed by atoms with Crippen molar-refractivity contribution in [3.8, 4) is 0 Å². The third kappa shape index (κ3) is 1.99. The average molecular weight is 195 g/mol. The Hall–Kier alpha value is -0.800. The lowest BCUT2D eigenvalue weighted by Gasteiger charge is -2.36. The molecule has 1 N–H and O–H groups in total. The van der Waals surface area contributed by atoms with Crippen LogP contribution in [-0.4, -0.2) is 42.4 Å². The van der Waals surface area contributed by atoms with Crippen LogP contribution in [0.1, 0.15) is 6.92 Å². The molecule has 0 saturated carbocycles. The van der Waals surface area contributed by atoms with Crippen LogP contribution in [0.15, 0.2) is 24.0 Å². The summed E-state index contributed by atoms with van der Waals surface area (Å²) < 4.78 is 5.32. The third-order valence-electron chi connectivity index (χ3n) is 2.90. The number of nitrogens with zero attached hydrogens (tertiary/aromatic N) is 1. The maximum Gasteiger partial charge on any atom is 0.111 e. The van der Waals surface area contributed by atoms with Crippen molar-refractivity contribution in [1.29, 1.82) is 0 Å². The summed E-state index contributed by atoms with van der Waals surface area (Å²) in [6.45, 7) is 5.78. The minimum atomic E-state index is 0.387. The Balaban J connectivity index is 2.01. The van der Waals surface area contributed by atoms with Gasteiger partial charge in [-0.05, 0) is 18.1 Å². The first-order chi connectivity index (χ1) is 6.77. The molecule has 0 spiro atoms. The van der Waals surface area contributed by atoms with Gasteiger partial charge in [0.2, 0.25) is 0 Å². The molecule has 2 aliphatic rings. The van der Waals surface area contributed by atoms with E-state index in [4.69, 9.17) is 4.74 Å². The van der Waals surface area contributed by atoms with Crippen molar-refractivity contribution >= 4 is 0 Å². The number of ether oxygens (including phenoxy) is 1. The fourth-order valence-electron chi connectivity index (χ4n) is 2.13. The molecule has 3 nitrogen and oxygen atoms in total. The maximum absolute atomic E-state index is 9.33. The summed E-state index contributed by atoms with van der Waals surface area (Å²) in [5.41, 5.74) is 0. The topological polar surface area (TPSA) is 32.7 Å². The molecule has 78 valence electrons. The Morgan fingerprint density at radius 2 is 2.14 bits per heavy atom. The zero-order valence-electron chi connectivity index (χ0n) is 8.52. The van der Waals surface area contributed by atoms with E-state index in [-0.39, 0.29) is 0 Å². The summed E-state index contributed by atoms with van der Waals surface area (Å²) in [6.07, 6.45) is 5.80. The molecule has 1 heterocycles. The normalized spacial score (nSPS) is 34.2. The summed E-state index contributed by atoms with van der Waals surface area (Å²) in [5.74, 6) is 0.778. The molecule has 0 aromatic heterocycles. The molecule has 0 aromatic carbocycles. The van der Waals surface area contributed by atoms with Gasteiger partial charge < -0.3 is 9.84 Å². The van der Waals surface area contributed by atoms with E-state index in [2.05, 4.69) is 17.9 Å². The van der Waals surface area contributed by atoms with E-state index in [1.165, 1.54) is 0 Å². The molecule has 2 atom stereocenters. The van der Waals surface area contributed by atoms with E-state index in [0.29, 0.717) is 17.7 Å². The molecule has 1 aliphatic carbocycles. The van der Waals surface area contributed by atoms with Gasteiger partial charge in [0.15, 0.2) is 0 Å². The quantitative estimate of drug-likeness (QED) is 0.685. The van der Waals surface area contributed by atoms with Crippen LogP contribution in [0, 0.1) is 5.92 Å². The number of morpholine rings is 1. The van der Waals surface area contributed by atoms with Crippen molar-refractivity contribution in [2.24, 2.45) is 5.92 Å². The van der Waals surface area contributed by atoms with E-state index in [0.717, 1.165) is 26.3 Å². The Bertz CT molecular complexity index is 254. The molecule has 1 saturated heterocycles. The fraction of sp³-hybridized carbons (Fsp3) is 0.636. The minimum Gasteiger partial charge on any atom is -0.508 e. The average Bonchev–Trinajstić information content (AvgIpc) is 2.19. The summed E-state index contributed by atoms with van der Waals surface area (Å²) in [5, 5.41) is 9.33. The van der Waals surface area contributed by atoms with Gasteiger partial charge in [0.1, 0.15) is 5.76 Å². The van der Waals surface area contributed by atoms with Crippen LogP contribution in [0.2, 0.25) is 0 Å². The van der Waals surface area contributed by atoms with E-state index < -0.39 is 0 Å². The van der Waals surface area contributed by atoms with Crippen LogP contribution in [0.4, 0.5) is 0 Å². The lowest BCUT2D eigenvalue weighted by Crippen LogP contribution is -2.45. The zero-order chi connectivity index (χ0) is 9.97. The molecule has 2 rings (SSSR count). The van der Waals surface area contributed by atoms with Crippen LogP contribution in [0.3, 0.4) is 0 Å². The van der Waals surface area contributed by atoms with E-state index in [9.17, 15) is 5.11 Å². The van der Waals surface area contributed by atoms with Gasteiger partial charge in [0.25, 0.3) is 0 Å². The van der Waals surface area contributed by atoms with Crippen molar-refractivity contribution in [2.75, 3.05) is 26.3 Å². The van der Waals surface area contributed by atoms with Crippen LogP contribution in [0.5, 0.6) is 0 Å². The van der Waals surface area contributed by atoms with Gasteiger partial charge in [-0.2, -0.15) is 0 Å². The Morgan fingerprint density at radius 3 is 2.79 bits per heavy atom. The van der Waals surface area contributed by atoms with Gasteiger partial charge in [-0.15, -0.1) is 0 Å². The highest BCUT2D eigenvalue weighted by molar-refractivity contribution is 5.21. The zero-order valence-corrected chi connectivity index (χ0v) is 8.52. The van der Waals surface area contributed by atoms with Crippen molar-refractivity contribution in [3.05, 3.63) is 24.0 Å². The summed E-state index contributed by atoms with van der Waals surface area (Å²) in [4.78, 5) is 2.41. The highest BCUT2D eigenvalue weighted by Gasteiger charge is 2.24. The molecule has 3 heteroatoms. The summed E-state index contributed by atoms with van der Waals surface area (Å²) in [7, 11) is 0. The van der Waals surface area contributed by atoms with Crippen molar-refractivity contribution < 1.29 is 9.84 Å². The number of allylic oxidation sites excluding steroid dienone is 1. The second-order valence-electron chi connectivity index (χ2n) is 3.95. The van der Waals surface area contributed by atoms with Crippen LogP contribution >= 0.6 is 0 Å². The predicted octanol–water partition coefficient (Wildman–Crippen LogP) is 1.33. The SMILES string of the molecule is CC1C=C(O)C=CC1N1CCOCC1. The molecule has 0 radical (unpaired) electrons. The molecular formula is C11H17NO2. The predicted molar refractivity (Wildman–Crippen MR) is 55.2 cm³/mol. The summed E-state index contributed by atoms with van der Waals surface area (Å²) >= 11 is 0. The first-order valence-electron chi connectivity index (χ1n) is 5.18. The molecule has 0 amide bonds. The Labute approximate surface area is 84.7 Å². The minimum absolute atomic E-state index is 0.387. The van der Waals surface area contributed by atoms with Gasteiger partial charge in [-0.1, -0.05) is 13.0 Å². The van der Waals surface area contributed by atoms with Gasteiger partial charge in [-0.3, -0.25) is 4.90 Å². The van der Waals surface area contributed by atoms with E-state index in [1.54, 1.807) is 6.08 Å². The van der Waals surface area contributed by atoms with Gasteiger partial charge in [0, 0.05) is 19.1 Å². The molecule has 1 fully saturated rings. The lowest BCUT2D eigenvalue weighted by atomic mass is 9.94. The number of aliphatic hydroxyl groups is 1. The third-order valence-corrected chi connectivity index (χ3v) is 2.90. The highest BCUT2D eigenvalue weighted by atomic mass is 16.5. The molecule has 14 heavy (non-hydrogen) atoms. The lowest BCUT2D eigenvalue weighted by molar-refractivity contribution is 0.0189. The second kappa shape index (κ2) is 4.15. The number of rotatable bonds is 1. The smallest absolute Gasteiger partial charge is 0.111 e. The molecular weight excluding hydrogens is 178 g/mol. The fourth-order valence-corrected chi connectivity index (χ4v) is 2.13. The first kappa shape index (κ1) is 9.74. The number of aliphatic hydroxyl groups excluding tert-OH is 1. The Morgan fingerprint density at radius 1 is 1.43 bits per heavy atom. The van der Waals surface area contributed by atoms with Crippen LogP contribution in [0.25, 0.3) is 0 Å². The molecule has 0 bridgehead atoms. The maximum atomic E-state index is 9.33. The Kier molecular flexibility index (Phi) is 2.89. The summed E-state index contributed by atoms with van der Waals surface area (Å²) in [6, 6.07) is 0.426. The molecule has 1 aliphatic heterocycles. The molecule has 0 aromatic rings. The monoisotopic (exact) mass is 195 g/mol. The number of hydrogen-bond donors (Lipinski definition) is 1. The van der Waals surface area contributed by atoms with Crippen molar-refractivity contribution in [1.82, 2.24) is 4.90 Å². The van der Waals surface area contributed by atoms with E-state index in [1.807, 2.05) is 6.08 Å². The van der Waals surface area contributed by atoms with Gasteiger partial charge >= 0.3 is 0 Å². The number of hydrogen-bond acceptors (Lipinski definition) is 3. The molecule has 2 unspecified atom stereocenters. The van der Waals surface area contributed by atoms with Crippen LogP contribution in [-0.2, 0) is 4.74 Å². The van der Waals surface area contributed by atoms with Crippen molar-refractivity contribution in [3.63, 3.8) is 0 Å². The highest BCUT2D eigenvalue weighted by Crippen LogP contribution is 2.21. The van der Waals surface area contributed by atoms with Crippen molar-refractivity contribution in [2.45, 2.75) is 13.0 Å². The van der Waals surface area contributed by atoms with E-state index >= 15 is 0 Å². The van der Waals surface area contributed by atoms with Crippen LogP contribution < -0.4 is 0 Å². The van der Waals surface area contributed by atoms with Gasteiger partial charge in [-0.25, -0.2) is 0 Å². The standard InChI is InChI=1S/C11H17NO2/c1-9-8-10(13)2-3-11(9)12-4-6-14-7-5-12/h2-3,8-9,11,13H,4-7H2,1H3. The second-order valence-corrected chi connectivity index (χ2v) is 3.95. The first-order valence-corrected chi connectivity index (χ1v) is 5.18. The largest absolute Gasteiger partial charge is 0.508 e. The van der Waals surface area contributed by atoms with Gasteiger partial charge in [0.05, 0.1) is 13.2 Å².